The van der Waals surface area contributed by atoms with Crippen molar-refractivity contribution in [3.63, 3.8) is 0 Å². The van der Waals surface area contributed by atoms with E-state index in [0.717, 1.165) is 0 Å². The highest BCUT2D eigenvalue weighted by Crippen LogP contribution is 2.11. The van der Waals surface area contributed by atoms with Gasteiger partial charge in [0.25, 0.3) is 0 Å². The van der Waals surface area contributed by atoms with E-state index in [4.69, 9.17) is 14.2 Å². The van der Waals surface area contributed by atoms with Crippen LogP contribution in [0, 0.1) is 11.8 Å². The zero-order chi connectivity index (χ0) is 20.3. The Balaban J connectivity index is 2.86. The second-order valence-electron chi connectivity index (χ2n) is 6.70. The van der Waals surface area contributed by atoms with Gasteiger partial charge in [0, 0.05) is 18.8 Å². The molecule has 27 heavy (non-hydrogen) atoms. The molecule has 0 aliphatic heterocycles. The summed E-state index contributed by atoms with van der Waals surface area (Å²) in [4.78, 5) is 26.0. The van der Waals surface area contributed by atoms with Crippen LogP contribution in [0.25, 0.3) is 0 Å². The SMILES string of the molecule is CCOC(CN(CC#CC(=O)c1ccccc1)C(=O)OC(C)(C)C)OCC. The van der Waals surface area contributed by atoms with Crippen LogP contribution in [0.2, 0.25) is 0 Å². The largest absolute Gasteiger partial charge is 0.444 e. The van der Waals surface area contributed by atoms with Crippen LogP contribution in [0.15, 0.2) is 30.3 Å². The zero-order valence-corrected chi connectivity index (χ0v) is 16.8. The van der Waals surface area contributed by atoms with E-state index in [2.05, 4.69) is 11.8 Å². The average Bonchev–Trinajstić information content (AvgIpc) is 2.60. The van der Waals surface area contributed by atoms with E-state index in [1.807, 2.05) is 19.9 Å². The van der Waals surface area contributed by atoms with Crippen molar-refractivity contribution in [3.8, 4) is 11.8 Å². The van der Waals surface area contributed by atoms with Gasteiger partial charge in [0.15, 0.2) is 6.29 Å². The molecule has 0 saturated heterocycles. The molecule has 0 radical (unpaired) electrons. The minimum Gasteiger partial charge on any atom is -0.444 e. The molecule has 6 nitrogen and oxygen atoms in total. The van der Waals surface area contributed by atoms with Crippen molar-refractivity contribution in [2.45, 2.75) is 46.5 Å². The second kappa shape index (κ2) is 11.4. The van der Waals surface area contributed by atoms with Gasteiger partial charge < -0.3 is 14.2 Å². The number of hydrogen-bond acceptors (Lipinski definition) is 5. The van der Waals surface area contributed by atoms with Gasteiger partial charge in [-0.3, -0.25) is 9.69 Å². The maximum atomic E-state index is 12.5. The van der Waals surface area contributed by atoms with Crippen molar-refractivity contribution in [2.24, 2.45) is 0 Å². The lowest BCUT2D eigenvalue weighted by atomic mass is 10.1. The first kappa shape index (κ1) is 22.7. The van der Waals surface area contributed by atoms with Crippen molar-refractivity contribution in [2.75, 3.05) is 26.3 Å². The Labute approximate surface area is 161 Å². The van der Waals surface area contributed by atoms with Gasteiger partial charge in [-0.1, -0.05) is 36.3 Å². The minimum absolute atomic E-state index is 0.0319. The number of amides is 1. The summed E-state index contributed by atoms with van der Waals surface area (Å²) in [6.07, 6.45) is -1.12. The van der Waals surface area contributed by atoms with E-state index in [1.165, 1.54) is 4.90 Å². The molecule has 0 spiro atoms. The number of ketones is 1. The maximum absolute atomic E-state index is 12.5. The van der Waals surface area contributed by atoms with Gasteiger partial charge in [-0.25, -0.2) is 4.79 Å². The molecule has 0 fully saturated rings. The first-order valence-corrected chi connectivity index (χ1v) is 9.06. The van der Waals surface area contributed by atoms with Crippen molar-refractivity contribution >= 4 is 11.9 Å². The Morgan fingerprint density at radius 3 is 2.19 bits per heavy atom. The van der Waals surface area contributed by atoms with Crippen LogP contribution in [-0.2, 0) is 14.2 Å². The predicted molar refractivity (Wildman–Crippen MR) is 103 cm³/mol. The molecule has 0 aliphatic rings. The quantitative estimate of drug-likeness (QED) is 0.301. The summed E-state index contributed by atoms with van der Waals surface area (Å²) < 4.78 is 16.4. The van der Waals surface area contributed by atoms with Crippen molar-refractivity contribution in [1.82, 2.24) is 4.90 Å². The molecule has 1 aromatic carbocycles. The number of rotatable bonds is 8. The Morgan fingerprint density at radius 1 is 1.07 bits per heavy atom. The third kappa shape index (κ3) is 9.23. The Kier molecular flexibility index (Phi) is 9.55. The number of carbonyl (C=O) groups excluding carboxylic acids is 2. The molecule has 1 rings (SSSR count). The normalized spacial score (nSPS) is 10.9. The summed E-state index contributed by atoms with van der Waals surface area (Å²) in [5, 5.41) is 0. The molecule has 0 atom stereocenters. The molecule has 0 N–H and O–H groups in total. The van der Waals surface area contributed by atoms with Crippen LogP contribution in [0.5, 0.6) is 0 Å². The Hall–Kier alpha value is -2.36. The van der Waals surface area contributed by atoms with Gasteiger partial charge in [-0.15, -0.1) is 0 Å². The molecule has 0 saturated carbocycles. The molecular weight excluding hydrogens is 346 g/mol. The number of nitrogens with zero attached hydrogens (tertiary/aromatic N) is 1. The Bertz CT molecular complexity index is 649. The highest BCUT2D eigenvalue weighted by Gasteiger charge is 2.24. The monoisotopic (exact) mass is 375 g/mol. The zero-order valence-electron chi connectivity index (χ0n) is 16.8. The lowest BCUT2D eigenvalue weighted by molar-refractivity contribution is -0.145. The van der Waals surface area contributed by atoms with Gasteiger partial charge in [0.05, 0.1) is 13.1 Å². The van der Waals surface area contributed by atoms with E-state index in [9.17, 15) is 9.59 Å². The minimum atomic E-state index is -0.644. The molecule has 1 amide bonds. The van der Waals surface area contributed by atoms with Gasteiger partial charge in [-0.2, -0.15) is 0 Å². The highest BCUT2D eigenvalue weighted by molar-refractivity contribution is 6.08. The summed E-state index contributed by atoms with van der Waals surface area (Å²) in [6, 6.07) is 8.77. The van der Waals surface area contributed by atoms with E-state index in [1.54, 1.807) is 45.0 Å². The van der Waals surface area contributed by atoms with E-state index in [-0.39, 0.29) is 18.9 Å². The lowest BCUT2D eigenvalue weighted by Gasteiger charge is -2.28. The van der Waals surface area contributed by atoms with Crippen LogP contribution in [0.4, 0.5) is 4.79 Å². The van der Waals surface area contributed by atoms with Crippen molar-refractivity contribution in [1.29, 1.82) is 0 Å². The van der Waals surface area contributed by atoms with Crippen molar-refractivity contribution < 1.29 is 23.8 Å². The highest BCUT2D eigenvalue weighted by atomic mass is 16.7. The lowest BCUT2D eigenvalue weighted by Crippen LogP contribution is -2.42. The third-order valence-electron chi connectivity index (χ3n) is 3.23. The Morgan fingerprint density at radius 2 is 1.67 bits per heavy atom. The van der Waals surface area contributed by atoms with E-state index in [0.29, 0.717) is 18.8 Å². The number of benzene rings is 1. The second-order valence-corrected chi connectivity index (χ2v) is 6.70. The predicted octanol–water partition coefficient (Wildman–Crippen LogP) is 3.51. The van der Waals surface area contributed by atoms with Crippen LogP contribution < -0.4 is 0 Å². The van der Waals surface area contributed by atoms with Gasteiger partial charge in [0.2, 0.25) is 5.78 Å². The van der Waals surface area contributed by atoms with Crippen molar-refractivity contribution in [3.05, 3.63) is 35.9 Å². The summed E-state index contributed by atoms with van der Waals surface area (Å²) in [5.74, 6) is 5.02. The number of Topliss-reactive ketones (excluding diaryl/α,β-unsaturated/α-hetero) is 1. The van der Waals surface area contributed by atoms with Gasteiger partial charge >= 0.3 is 6.09 Å². The summed E-state index contributed by atoms with van der Waals surface area (Å²) in [5.41, 5.74) is -0.134. The van der Waals surface area contributed by atoms with Gasteiger partial charge in [-0.05, 0) is 40.5 Å². The number of hydrogen-bond donors (Lipinski definition) is 0. The van der Waals surface area contributed by atoms with E-state index < -0.39 is 18.0 Å². The van der Waals surface area contributed by atoms with Crippen LogP contribution >= 0.6 is 0 Å². The topological polar surface area (TPSA) is 65.1 Å². The molecule has 148 valence electrons. The first-order chi connectivity index (χ1) is 12.8. The molecule has 0 aromatic heterocycles. The number of ether oxygens (including phenoxy) is 3. The summed E-state index contributed by atoms with van der Waals surface area (Å²) in [6.45, 7) is 10.2. The summed E-state index contributed by atoms with van der Waals surface area (Å²) >= 11 is 0. The van der Waals surface area contributed by atoms with Crippen LogP contribution in [0.1, 0.15) is 45.0 Å². The van der Waals surface area contributed by atoms with Crippen LogP contribution in [0.3, 0.4) is 0 Å². The maximum Gasteiger partial charge on any atom is 0.411 e. The fourth-order valence-electron chi connectivity index (χ4n) is 2.11. The van der Waals surface area contributed by atoms with Gasteiger partial charge in [0.1, 0.15) is 5.60 Å². The smallest absolute Gasteiger partial charge is 0.411 e. The fraction of sp³-hybridized carbons (Fsp3) is 0.524. The standard InChI is InChI=1S/C21H29NO5/c1-6-25-19(26-7-2)16-22(20(24)27-21(3,4)5)15-11-14-18(23)17-12-9-8-10-13-17/h8-10,12-13,19H,6-7,15-16H2,1-5H3. The van der Waals surface area contributed by atoms with E-state index >= 15 is 0 Å². The number of carbonyl (C=O) groups is 2. The molecule has 0 bridgehead atoms. The fourth-order valence-corrected chi connectivity index (χ4v) is 2.11. The average molecular weight is 375 g/mol. The van der Waals surface area contributed by atoms with Crippen LogP contribution in [-0.4, -0.2) is 55.0 Å². The molecule has 0 heterocycles. The molecular formula is C21H29NO5. The molecule has 0 unspecified atom stereocenters. The molecule has 6 heteroatoms. The third-order valence-corrected chi connectivity index (χ3v) is 3.23. The first-order valence-electron chi connectivity index (χ1n) is 9.06. The molecule has 1 aromatic rings. The summed E-state index contributed by atoms with van der Waals surface area (Å²) in [7, 11) is 0. The molecule has 0 aliphatic carbocycles.